The van der Waals surface area contributed by atoms with E-state index in [1.807, 2.05) is 30.3 Å². The summed E-state index contributed by atoms with van der Waals surface area (Å²) in [6, 6.07) is 14.2. The lowest BCUT2D eigenvalue weighted by atomic mass is 9.99. The van der Waals surface area contributed by atoms with Crippen LogP contribution in [0.15, 0.2) is 42.5 Å². The van der Waals surface area contributed by atoms with Gasteiger partial charge in [0.2, 0.25) is 5.95 Å². The van der Waals surface area contributed by atoms with E-state index >= 15 is 0 Å². The summed E-state index contributed by atoms with van der Waals surface area (Å²) in [5.74, 6) is 1.79. The lowest BCUT2D eigenvalue weighted by molar-refractivity contribution is 0.245. The number of nitrogens with two attached hydrogens (primary N) is 2. The number of anilines is 2. The van der Waals surface area contributed by atoms with E-state index in [9.17, 15) is 0 Å². The van der Waals surface area contributed by atoms with Crippen LogP contribution >= 0.6 is 11.6 Å². The molecule has 1 heterocycles. The summed E-state index contributed by atoms with van der Waals surface area (Å²) in [4.78, 5) is 8.02. The second kappa shape index (κ2) is 10.9. The van der Waals surface area contributed by atoms with E-state index in [2.05, 4.69) is 29.0 Å². The fourth-order valence-corrected chi connectivity index (χ4v) is 3.43. The molecule has 0 amide bonds. The topological polar surface area (TPSA) is 96.3 Å². The maximum absolute atomic E-state index is 6.08. The van der Waals surface area contributed by atoms with Crippen molar-refractivity contribution >= 4 is 23.4 Å². The summed E-state index contributed by atoms with van der Waals surface area (Å²) in [6.07, 6.45) is 3.92. The maximum atomic E-state index is 6.08. The highest BCUT2D eigenvalue weighted by molar-refractivity contribution is 6.30. The number of unbranched alkanes of at least 4 members (excludes halogenated alkanes) is 1. The zero-order valence-electron chi connectivity index (χ0n) is 18.0. The Balaban J connectivity index is 1.60. The fourth-order valence-electron chi connectivity index (χ4n) is 3.31. The molecule has 0 radical (unpaired) electrons. The zero-order valence-corrected chi connectivity index (χ0v) is 18.8. The van der Waals surface area contributed by atoms with Crippen molar-refractivity contribution in [1.29, 1.82) is 0 Å². The highest BCUT2D eigenvalue weighted by atomic mass is 35.5. The van der Waals surface area contributed by atoms with Crippen molar-refractivity contribution in [2.24, 2.45) is 0 Å². The van der Waals surface area contributed by atoms with E-state index in [4.69, 9.17) is 32.5 Å². The van der Waals surface area contributed by atoms with Gasteiger partial charge in [-0.25, -0.2) is 4.98 Å². The molecule has 0 bridgehead atoms. The van der Waals surface area contributed by atoms with E-state index < -0.39 is 0 Å². The molecular weight excluding hydrogens is 412 g/mol. The molecule has 3 aromatic rings. The Morgan fingerprint density at radius 1 is 0.903 bits per heavy atom. The normalized spacial score (nSPS) is 10.8. The van der Waals surface area contributed by atoms with E-state index in [1.54, 1.807) is 6.92 Å². The van der Waals surface area contributed by atoms with Crippen molar-refractivity contribution < 1.29 is 9.47 Å². The summed E-state index contributed by atoms with van der Waals surface area (Å²) >= 11 is 6.02. The summed E-state index contributed by atoms with van der Waals surface area (Å²) in [5, 5.41) is 0.736. The third-order valence-electron chi connectivity index (χ3n) is 4.91. The predicted octanol–water partition coefficient (Wildman–Crippen LogP) is 5.46. The van der Waals surface area contributed by atoms with Gasteiger partial charge in [-0.1, -0.05) is 43.1 Å². The first-order valence-electron chi connectivity index (χ1n) is 10.5. The molecule has 0 atom stereocenters. The molecule has 4 N–H and O–H groups in total. The van der Waals surface area contributed by atoms with Crippen LogP contribution in [0, 0.1) is 6.92 Å². The summed E-state index contributed by atoms with van der Waals surface area (Å²) in [6.45, 7) is 4.97. The highest BCUT2D eigenvalue weighted by Crippen LogP contribution is 2.29. The lowest BCUT2D eigenvalue weighted by Gasteiger charge is -2.14. The fraction of sp³-hybridized carbons (Fsp3) is 0.333. The van der Waals surface area contributed by atoms with Gasteiger partial charge >= 0.3 is 0 Å². The Labute approximate surface area is 188 Å². The van der Waals surface area contributed by atoms with E-state index in [0.717, 1.165) is 41.2 Å². The van der Waals surface area contributed by atoms with Gasteiger partial charge in [-0.15, -0.1) is 0 Å². The number of hydrogen-bond donors (Lipinski definition) is 2. The third kappa shape index (κ3) is 6.25. The minimum absolute atomic E-state index is 0.146. The molecule has 0 fully saturated rings. The van der Waals surface area contributed by atoms with Crippen molar-refractivity contribution in [3.63, 3.8) is 0 Å². The molecule has 0 saturated heterocycles. The van der Waals surface area contributed by atoms with Gasteiger partial charge in [0.1, 0.15) is 5.75 Å². The van der Waals surface area contributed by atoms with Gasteiger partial charge in [0.25, 0.3) is 0 Å². The van der Waals surface area contributed by atoms with Crippen molar-refractivity contribution in [3.05, 3.63) is 58.7 Å². The minimum Gasteiger partial charge on any atom is -0.493 e. The average Bonchev–Trinajstić information content (AvgIpc) is 2.74. The lowest BCUT2D eigenvalue weighted by Crippen LogP contribution is -2.10. The molecule has 0 aliphatic heterocycles. The maximum Gasteiger partial charge on any atom is 0.222 e. The minimum atomic E-state index is 0.146. The van der Waals surface area contributed by atoms with E-state index in [1.165, 1.54) is 5.56 Å². The number of rotatable bonds is 10. The molecule has 0 spiro atoms. The van der Waals surface area contributed by atoms with Gasteiger partial charge in [-0.2, -0.15) is 4.98 Å². The molecule has 0 unspecified atom stereocenters. The van der Waals surface area contributed by atoms with Crippen molar-refractivity contribution in [2.45, 2.75) is 39.5 Å². The van der Waals surface area contributed by atoms with Gasteiger partial charge < -0.3 is 20.9 Å². The number of hydrogen-bond acceptors (Lipinski definition) is 6. The number of aromatic nitrogens is 2. The van der Waals surface area contributed by atoms with Gasteiger partial charge in [-0.3, -0.25) is 0 Å². The summed E-state index contributed by atoms with van der Waals surface area (Å²) < 4.78 is 11.8. The van der Waals surface area contributed by atoms with E-state index in [0.29, 0.717) is 31.1 Å². The quantitative estimate of drug-likeness (QED) is 0.406. The van der Waals surface area contributed by atoms with Crippen LogP contribution < -0.4 is 20.9 Å². The van der Waals surface area contributed by atoms with Gasteiger partial charge in [-0.05, 0) is 60.7 Å². The Bertz CT molecular complexity index is 986. The summed E-state index contributed by atoms with van der Waals surface area (Å²) in [7, 11) is 0. The molecule has 164 valence electrons. The predicted molar refractivity (Wildman–Crippen MR) is 127 cm³/mol. The van der Waals surface area contributed by atoms with Crippen LogP contribution in [0.4, 0.5) is 11.8 Å². The monoisotopic (exact) mass is 440 g/mol. The number of nitrogen functional groups attached to an aromatic ring is 2. The van der Waals surface area contributed by atoms with Crippen molar-refractivity contribution in [1.82, 2.24) is 9.97 Å². The zero-order chi connectivity index (χ0) is 22.2. The highest BCUT2D eigenvalue weighted by Gasteiger charge is 2.10. The molecule has 0 aliphatic rings. The van der Waals surface area contributed by atoms with Crippen LogP contribution in [0.3, 0.4) is 0 Å². The number of benzene rings is 2. The Kier molecular flexibility index (Phi) is 7.95. The van der Waals surface area contributed by atoms with Crippen molar-refractivity contribution in [3.8, 4) is 22.6 Å². The largest absolute Gasteiger partial charge is 0.493 e. The molecule has 31 heavy (non-hydrogen) atoms. The van der Waals surface area contributed by atoms with Crippen molar-refractivity contribution in [2.75, 3.05) is 24.7 Å². The second-order valence-electron chi connectivity index (χ2n) is 7.37. The van der Waals surface area contributed by atoms with Gasteiger partial charge in [0.05, 0.1) is 18.9 Å². The van der Waals surface area contributed by atoms with Crippen LogP contribution in [-0.4, -0.2) is 23.2 Å². The molecule has 2 aromatic carbocycles. The van der Waals surface area contributed by atoms with Crippen LogP contribution in [0.2, 0.25) is 5.02 Å². The van der Waals surface area contributed by atoms with Gasteiger partial charge in [0.15, 0.2) is 11.6 Å². The number of aryl methyl sites for hydroxylation is 2. The van der Waals surface area contributed by atoms with Crippen LogP contribution in [0.1, 0.15) is 37.4 Å². The molecule has 0 aliphatic carbocycles. The Morgan fingerprint density at radius 3 is 2.32 bits per heavy atom. The number of ether oxygens (including phenoxy) is 2. The van der Waals surface area contributed by atoms with E-state index in [-0.39, 0.29) is 11.8 Å². The molecule has 1 aromatic heterocycles. The molecule has 7 heteroatoms. The Morgan fingerprint density at radius 2 is 1.61 bits per heavy atom. The second-order valence-corrected chi connectivity index (χ2v) is 7.80. The molecular formula is C24H29ClN4O2. The molecule has 6 nitrogen and oxygen atoms in total. The first kappa shape index (κ1) is 22.7. The van der Waals surface area contributed by atoms with Gasteiger partial charge in [0, 0.05) is 11.4 Å². The van der Waals surface area contributed by atoms with Crippen LogP contribution in [0.25, 0.3) is 11.1 Å². The Hall–Kier alpha value is -2.99. The number of nitrogens with zero attached hydrogens (tertiary/aromatic N) is 2. The summed E-state index contributed by atoms with van der Waals surface area (Å²) in [5.41, 5.74) is 15.6. The molecule has 3 rings (SSSR count). The number of halogens is 1. The average molecular weight is 441 g/mol. The van der Waals surface area contributed by atoms with Crippen LogP contribution in [-0.2, 0) is 6.42 Å². The smallest absolute Gasteiger partial charge is 0.222 e. The molecule has 0 saturated carbocycles. The standard InChI is InChI=1S/C24H29ClN4O2/c1-3-4-6-19-15-18(17-7-10-20(25)11-8-17)9-12-21(19)30-13-5-14-31-22-16(2)28-24(27)29-23(22)26/h7-12,15H,3-6,13-14H2,1-2H3,(H4,26,27,28,29). The third-order valence-corrected chi connectivity index (χ3v) is 5.16. The first-order valence-corrected chi connectivity index (χ1v) is 10.9. The SMILES string of the molecule is CCCCc1cc(-c2ccc(Cl)cc2)ccc1OCCCOc1c(C)nc(N)nc1N. The van der Waals surface area contributed by atoms with Crippen LogP contribution in [0.5, 0.6) is 11.5 Å². The first-order chi connectivity index (χ1) is 15.0.